The smallest absolute Gasteiger partial charge is 0.264 e. The number of nitrogens with one attached hydrogen (secondary N) is 3. The van der Waals surface area contributed by atoms with Crippen molar-refractivity contribution in [3.05, 3.63) is 22.3 Å². The first kappa shape index (κ1) is 36.6. The van der Waals surface area contributed by atoms with Gasteiger partial charge in [-0.05, 0) is 115 Å². The van der Waals surface area contributed by atoms with Gasteiger partial charge >= 0.3 is 0 Å². The van der Waals surface area contributed by atoms with Gasteiger partial charge in [0.1, 0.15) is 17.4 Å². The fraction of sp³-hybridized carbons (Fsp3) is 0.706. The third-order valence-electron chi connectivity index (χ3n) is 9.68. The highest BCUT2D eigenvalue weighted by atomic mass is 32.2. The molecule has 0 unspecified atom stereocenters. The molecule has 0 aromatic heterocycles. The lowest BCUT2D eigenvalue weighted by Crippen LogP contribution is -2.54. The predicted molar refractivity (Wildman–Crippen MR) is 182 cm³/mol. The number of ether oxygens (including phenoxy) is 1. The highest BCUT2D eigenvalue weighted by molar-refractivity contribution is 7.90. The van der Waals surface area contributed by atoms with Crippen LogP contribution in [0.25, 0.3) is 0 Å². The number of rotatable bonds is 10. The number of carbonyl (C=O) groups is 3. The summed E-state index contributed by atoms with van der Waals surface area (Å²) < 4.78 is 35.8. The summed E-state index contributed by atoms with van der Waals surface area (Å²) in [5, 5.41) is 6.15. The SMILES string of the molecule is Cc1c(C)c(S(=O)(=O)NC(N)=NCCC[C@H](NC(=O)[C@@H]2CCCN2C(=O)[C@@H]2CCCN2)C(=O)C(C)(C)C)c(C)c2c1OC(C)(C)CC2. The fourth-order valence-electron chi connectivity index (χ4n) is 6.93. The molecule has 2 amide bonds. The van der Waals surface area contributed by atoms with Crippen molar-refractivity contribution in [3.8, 4) is 5.75 Å². The normalized spacial score (nSPS) is 22.0. The van der Waals surface area contributed by atoms with Gasteiger partial charge in [-0.3, -0.25) is 19.4 Å². The lowest BCUT2D eigenvalue weighted by Gasteiger charge is -2.35. The predicted octanol–water partition coefficient (Wildman–Crippen LogP) is 2.93. The zero-order chi connectivity index (χ0) is 34.9. The number of fused-ring (bicyclic) bond motifs is 1. The quantitative estimate of drug-likeness (QED) is 0.167. The molecule has 2 fully saturated rings. The molecule has 2 saturated heterocycles. The maximum atomic E-state index is 13.6. The van der Waals surface area contributed by atoms with Crippen LogP contribution in [-0.4, -0.2) is 80.2 Å². The van der Waals surface area contributed by atoms with Crippen molar-refractivity contribution in [1.29, 1.82) is 0 Å². The topological polar surface area (TPSA) is 172 Å². The molecule has 3 aliphatic rings. The standard InChI is InChI=1S/C34H54N6O6S/c1-20-21(2)28(22(3)23-15-16-34(7,8)46-27(20)23)47(44,45)39-32(35)37-18-9-12-24(29(41)33(4,5)6)38-30(42)26-14-11-19-40(26)31(43)25-13-10-17-36-25/h24-26,36H,9-19H2,1-8H3,(H,38,42)(H3,35,37,39)/t24-,25-,26-/m0/s1. The van der Waals surface area contributed by atoms with Gasteiger partial charge in [-0.15, -0.1) is 0 Å². The number of nitrogens with two attached hydrogens (primary N) is 1. The number of benzene rings is 1. The van der Waals surface area contributed by atoms with Crippen LogP contribution in [0.3, 0.4) is 0 Å². The number of Topliss-reactive ketones (excluding diaryl/α,β-unsaturated/α-hetero) is 1. The van der Waals surface area contributed by atoms with E-state index in [1.165, 1.54) is 0 Å². The second-order valence-corrected chi connectivity index (χ2v) is 16.5. The third kappa shape index (κ3) is 8.28. The number of hydrogen-bond acceptors (Lipinski definition) is 8. The number of guanidine groups is 1. The van der Waals surface area contributed by atoms with E-state index in [1.807, 2.05) is 20.8 Å². The number of likely N-dealkylation sites (tertiary alicyclic amines) is 1. The zero-order valence-electron chi connectivity index (χ0n) is 29.3. The summed E-state index contributed by atoms with van der Waals surface area (Å²) >= 11 is 0. The summed E-state index contributed by atoms with van der Waals surface area (Å²) in [4.78, 5) is 46.0. The van der Waals surface area contributed by atoms with Gasteiger partial charge in [0.25, 0.3) is 10.0 Å². The summed E-state index contributed by atoms with van der Waals surface area (Å²) in [6, 6.07) is -1.66. The Hall–Kier alpha value is -3.19. The molecule has 3 atom stereocenters. The van der Waals surface area contributed by atoms with Crippen LogP contribution in [0.2, 0.25) is 0 Å². The van der Waals surface area contributed by atoms with E-state index in [4.69, 9.17) is 10.5 Å². The molecule has 0 bridgehead atoms. The Morgan fingerprint density at radius 2 is 1.81 bits per heavy atom. The van der Waals surface area contributed by atoms with E-state index in [2.05, 4.69) is 20.3 Å². The first-order valence-corrected chi connectivity index (χ1v) is 18.4. The van der Waals surface area contributed by atoms with Crippen molar-refractivity contribution in [3.63, 3.8) is 0 Å². The van der Waals surface area contributed by atoms with Crippen molar-refractivity contribution >= 4 is 33.6 Å². The van der Waals surface area contributed by atoms with Gasteiger partial charge in [-0.2, -0.15) is 0 Å². The lowest BCUT2D eigenvalue weighted by molar-refractivity contribution is -0.141. The van der Waals surface area contributed by atoms with E-state index in [9.17, 15) is 22.8 Å². The van der Waals surface area contributed by atoms with Crippen LogP contribution in [0.1, 0.15) is 102 Å². The molecule has 1 aromatic rings. The molecular weight excluding hydrogens is 620 g/mol. The third-order valence-corrected chi connectivity index (χ3v) is 11.3. The van der Waals surface area contributed by atoms with E-state index >= 15 is 0 Å². The Kier molecular flexibility index (Phi) is 11.0. The van der Waals surface area contributed by atoms with Crippen LogP contribution < -0.4 is 25.8 Å². The molecule has 3 aliphatic heterocycles. The number of aliphatic imine (C=N–C) groups is 1. The van der Waals surface area contributed by atoms with E-state index in [1.54, 1.807) is 39.5 Å². The zero-order valence-corrected chi connectivity index (χ0v) is 30.2. The second kappa shape index (κ2) is 14.1. The number of hydrogen-bond donors (Lipinski definition) is 4. The van der Waals surface area contributed by atoms with Crippen molar-refractivity contribution in [1.82, 2.24) is 20.3 Å². The van der Waals surface area contributed by atoms with Crippen LogP contribution in [0.5, 0.6) is 5.75 Å². The average molecular weight is 675 g/mol. The number of carbonyl (C=O) groups excluding carboxylic acids is 3. The molecule has 12 nitrogen and oxygen atoms in total. The highest BCUT2D eigenvalue weighted by Gasteiger charge is 2.40. The highest BCUT2D eigenvalue weighted by Crippen LogP contribution is 2.42. The van der Waals surface area contributed by atoms with Crippen molar-refractivity contribution < 1.29 is 27.5 Å². The molecule has 0 aliphatic carbocycles. The Labute approximate surface area is 280 Å². The molecule has 13 heteroatoms. The molecule has 1 aromatic carbocycles. The van der Waals surface area contributed by atoms with Crippen LogP contribution in [-0.2, 0) is 30.8 Å². The second-order valence-electron chi connectivity index (χ2n) is 14.9. The molecule has 3 heterocycles. The number of amides is 2. The molecule has 4 rings (SSSR count). The summed E-state index contributed by atoms with van der Waals surface area (Å²) in [6.07, 6.45) is 5.11. The van der Waals surface area contributed by atoms with Crippen molar-refractivity contribution in [2.75, 3.05) is 19.6 Å². The molecule has 47 heavy (non-hydrogen) atoms. The largest absolute Gasteiger partial charge is 0.487 e. The lowest BCUT2D eigenvalue weighted by atomic mass is 9.84. The molecule has 5 N–H and O–H groups in total. The fourth-order valence-corrected chi connectivity index (χ4v) is 8.45. The van der Waals surface area contributed by atoms with Crippen LogP contribution >= 0.6 is 0 Å². The summed E-state index contributed by atoms with van der Waals surface area (Å²) in [5.41, 5.74) is 7.94. The van der Waals surface area contributed by atoms with Crippen LogP contribution in [0.15, 0.2) is 9.89 Å². The van der Waals surface area contributed by atoms with Gasteiger partial charge < -0.3 is 26.0 Å². The Morgan fingerprint density at radius 1 is 1.11 bits per heavy atom. The van der Waals surface area contributed by atoms with Gasteiger partial charge in [-0.1, -0.05) is 20.8 Å². The van der Waals surface area contributed by atoms with Crippen LogP contribution in [0, 0.1) is 26.2 Å². The summed E-state index contributed by atoms with van der Waals surface area (Å²) in [5.74, 6) is -0.00852. The Morgan fingerprint density at radius 3 is 2.45 bits per heavy atom. The van der Waals surface area contributed by atoms with Crippen LogP contribution in [0.4, 0.5) is 0 Å². The Bertz CT molecular complexity index is 1520. The first-order valence-electron chi connectivity index (χ1n) is 16.9. The van der Waals surface area contributed by atoms with Crippen molar-refractivity contribution in [2.45, 2.75) is 135 Å². The van der Waals surface area contributed by atoms with Crippen molar-refractivity contribution in [2.24, 2.45) is 16.1 Å². The van der Waals surface area contributed by atoms with E-state index in [0.29, 0.717) is 36.9 Å². The molecule has 0 spiro atoms. The monoisotopic (exact) mass is 674 g/mol. The minimum Gasteiger partial charge on any atom is -0.487 e. The van der Waals surface area contributed by atoms with E-state index < -0.39 is 27.5 Å². The minimum absolute atomic E-state index is 0.0562. The number of ketones is 1. The van der Waals surface area contributed by atoms with Gasteiger partial charge in [-0.25, -0.2) is 13.1 Å². The Balaban J connectivity index is 1.41. The molecule has 0 saturated carbocycles. The van der Waals surface area contributed by atoms with Gasteiger partial charge in [0.2, 0.25) is 17.8 Å². The van der Waals surface area contributed by atoms with Gasteiger partial charge in [0, 0.05) is 18.5 Å². The average Bonchev–Trinajstić information content (AvgIpc) is 3.68. The molecule has 262 valence electrons. The van der Waals surface area contributed by atoms with E-state index in [0.717, 1.165) is 49.1 Å². The first-order chi connectivity index (χ1) is 21.8. The van der Waals surface area contributed by atoms with E-state index in [-0.39, 0.29) is 53.1 Å². The van der Waals surface area contributed by atoms with Gasteiger partial charge in [0.15, 0.2) is 5.78 Å². The number of nitrogens with zero attached hydrogens (tertiary/aromatic N) is 2. The molecule has 0 radical (unpaired) electrons. The van der Waals surface area contributed by atoms with Gasteiger partial charge in [0.05, 0.1) is 17.0 Å². The maximum Gasteiger partial charge on any atom is 0.264 e. The maximum absolute atomic E-state index is 13.6. The minimum atomic E-state index is -4.04. The summed E-state index contributed by atoms with van der Waals surface area (Å²) in [7, 11) is -4.04. The number of sulfonamides is 1. The molecular formula is C34H54N6O6S. The summed E-state index contributed by atoms with van der Waals surface area (Å²) in [6.45, 7) is 16.3.